The van der Waals surface area contributed by atoms with Crippen molar-refractivity contribution < 1.29 is 88.3 Å². The van der Waals surface area contributed by atoms with Gasteiger partial charge < -0.3 is 4.55 Å². The molecule has 0 saturated heterocycles. The smallest absolute Gasteiger partial charge is 0.483 e. The summed E-state index contributed by atoms with van der Waals surface area (Å²) in [6.45, 7) is 0. The van der Waals surface area contributed by atoms with E-state index in [1.54, 1.807) is 0 Å². The summed E-state index contributed by atoms with van der Waals surface area (Å²) in [5, 5.41) is -7.44. The van der Waals surface area contributed by atoms with Crippen molar-refractivity contribution in [2.24, 2.45) is 0 Å². The Hall–Kier alpha value is -1.22. The summed E-state index contributed by atoms with van der Waals surface area (Å²) in [6, 6.07) is 0. The SMILES string of the molecule is O=S(=O)([O-])C(F)(F)C(F)(F)OC(F)(C(F)(F)F)C(F)(F)OC(F)(F)C(F)(F)F. The Morgan fingerprint density at radius 2 is 0.893 bits per heavy atom. The highest BCUT2D eigenvalue weighted by Gasteiger charge is 2.83. The molecule has 0 fully saturated rings. The average molecular weight is 481 g/mol. The number of rotatable bonds is 7. The van der Waals surface area contributed by atoms with E-state index in [9.17, 15) is 78.8 Å². The van der Waals surface area contributed by atoms with E-state index in [1.165, 1.54) is 9.47 Å². The largest absolute Gasteiger partial charge is 0.743 e. The van der Waals surface area contributed by atoms with Gasteiger partial charge >= 0.3 is 41.8 Å². The standard InChI is InChI=1S/C7HF15O5S/c8-1(2(9,10)11,4(15,16)27-5(17,18)3(12,13)14)26-6(19,20)7(21,22)28(23,24)25/h(H,23,24,25)/p-1. The van der Waals surface area contributed by atoms with Crippen LogP contribution in [0.15, 0.2) is 0 Å². The maximum atomic E-state index is 13.4. The molecule has 0 N–H and O–H groups in total. The van der Waals surface area contributed by atoms with E-state index >= 15 is 0 Å². The van der Waals surface area contributed by atoms with Gasteiger partial charge in [-0.15, -0.1) is 0 Å². The lowest BCUT2D eigenvalue weighted by atomic mass is 10.2. The Labute approximate surface area is 141 Å². The fourth-order valence-corrected chi connectivity index (χ4v) is 1.28. The van der Waals surface area contributed by atoms with Crippen LogP contribution >= 0.6 is 0 Å². The Bertz CT molecular complexity index is 678. The maximum absolute atomic E-state index is 13.4. The van der Waals surface area contributed by atoms with E-state index in [2.05, 4.69) is 0 Å². The van der Waals surface area contributed by atoms with Crippen LogP contribution in [-0.4, -0.2) is 54.8 Å². The van der Waals surface area contributed by atoms with E-state index < -0.39 is 51.9 Å². The predicted octanol–water partition coefficient (Wildman–Crippen LogP) is 3.73. The highest BCUT2D eigenvalue weighted by Crippen LogP contribution is 2.55. The Morgan fingerprint density at radius 3 is 1.14 bits per heavy atom. The molecule has 0 aliphatic rings. The number of ether oxygens (including phenoxy) is 2. The van der Waals surface area contributed by atoms with Crippen LogP contribution in [0.1, 0.15) is 0 Å². The molecule has 170 valence electrons. The molecule has 28 heavy (non-hydrogen) atoms. The van der Waals surface area contributed by atoms with Crippen molar-refractivity contribution in [1.82, 2.24) is 0 Å². The molecule has 0 aliphatic heterocycles. The third-order valence-electron chi connectivity index (χ3n) is 2.25. The van der Waals surface area contributed by atoms with E-state index in [0.29, 0.717) is 0 Å². The second-order valence-corrected chi connectivity index (χ2v) is 5.74. The highest BCUT2D eigenvalue weighted by atomic mass is 32.2. The van der Waals surface area contributed by atoms with Gasteiger partial charge in [0, 0.05) is 0 Å². The van der Waals surface area contributed by atoms with E-state index in [-0.39, 0.29) is 0 Å². The van der Waals surface area contributed by atoms with Crippen LogP contribution in [0.25, 0.3) is 0 Å². The lowest BCUT2D eigenvalue weighted by Crippen LogP contribution is -2.66. The van der Waals surface area contributed by atoms with Gasteiger partial charge in [-0.25, -0.2) is 13.2 Å². The molecular weight excluding hydrogens is 481 g/mol. The van der Waals surface area contributed by atoms with E-state index in [0.717, 1.165) is 0 Å². The zero-order valence-electron chi connectivity index (χ0n) is 11.6. The lowest BCUT2D eigenvalue weighted by Gasteiger charge is -2.39. The third kappa shape index (κ3) is 4.50. The maximum Gasteiger partial charge on any atom is 0.483 e. The lowest BCUT2D eigenvalue weighted by molar-refractivity contribution is -0.551. The van der Waals surface area contributed by atoms with Gasteiger partial charge in [-0.2, -0.15) is 65.9 Å². The molecule has 0 aromatic heterocycles. The number of hydrogen-bond acceptors (Lipinski definition) is 5. The molecule has 0 aromatic carbocycles. The fourth-order valence-electron chi connectivity index (χ4n) is 0.948. The van der Waals surface area contributed by atoms with Gasteiger partial charge in [-0.1, -0.05) is 0 Å². The highest BCUT2D eigenvalue weighted by molar-refractivity contribution is 7.86. The summed E-state index contributed by atoms with van der Waals surface area (Å²) >= 11 is 0. The molecule has 0 rings (SSSR count). The first-order valence-corrected chi connectivity index (χ1v) is 6.76. The van der Waals surface area contributed by atoms with Crippen LogP contribution in [0.3, 0.4) is 0 Å². The number of hydrogen-bond donors (Lipinski definition) is 0. The van der Waals surface area contributed by atoms with Crippen LogP contribution in [0, 0.1) is 0 Å². The van der Waals surface area contributed by atoms with Crippen molar-refractivity contribution in [3.8, 4) is 0 Å². The summed E-state index contributed by atoms with van der Waals surface area (Å²) in [7, 11) is -7.79. The van der Waals surface area contributed by atoms with Gasteiger partial charge in [0.05, 0.1) is 0 Å². The zero-order chi connectivity index (χ0) is 23.4. The second kappa shape index (κ2) is 6.65. The minimum Gasteiger partial charge on any atom is -0.743 e. The number of alkyl halides is 15. The molecule has 21 heteroatoms. The molecule has 0 radical (unpaired) electrons. The van der Waals surface area contributed by atoms with E-state index in [4.69, 9.17) is 0 Å². The minimum absolute atomic E-state index is 1.21. The van der Waals surface area contributed by atoms with Crippen molar-refractivity contribution >= 4 is 10.1 Å². The topological polar surface area (TPSA) is 75.7 Å². The van der Waals surface area contributed by atoms with Crippen LogP contribution < -0.4 is 0 Å². The van der Waals surface area contributed by atoms with Gasteiger partial charge in [0.1, 0.15) is 0 Å². The molecule has 0 saturated carbocycles. The first kappa shape index (κ1) is 26.8. The van der Waals surface area contributed by atoms with Crippen LogP contribution in [-0.2, 0) is 19.6 Å². The molecular formula is C7F15O5S-. The number of halogens is 15. The summed E-state index contributed by atoms with van der Waals surface area (Å²) in [5.41, 5.74) is 0. The molecule has 0 aromatic rings. The molecule has 0 amide bonds. The van der Waals surface area contributed by atoms with Crippen LogP contribution in [0.4, 0.5) is 65.9 Å². The van der Waals surface area contributed by atoms with Crippen molar-refractivity contribution in [1.29, 1.82) is 0 Å². The molecule has 0 spiro atoms. The van der Waals surface area contributed by atoms with Crippen LogP contribution in [0.2, 0.25) is 0 Å². The normalized spacial score (nSPS) is 18.1. The monoisotopic (exact) mass is 481 g/mol. The molecule has 0 bridgehead atoms. The first-order chi connectivity index (χ1) is 11.7. The third-order valence-corrected chi connectivity index (χ3v) is 3.11. The Balaban J connectivity index is 6.45. The summed E-state index contributed by atoms with van der Waals surface area (Å²) in [5.74, 6) is -7.95. The predicted molar refractivity (Wildman–Crippen MR) is 47.6 cm³/mol. The molecule has 0 aliphatic carbocycles. The van der Waals surface area contributed by atoms with Gasteiger partial charge in [0.25, 0.3) is 0 Å². The Kier molecular flexibility index (Phi) is 6.36. The fraction of sp³-hybridized carbons (Fsp3) is 1.00. The van der Waals surface area contributed by atoms with Gasteiger partial charge in [-0.3, -0.25) is 4.74 Å². The van der Waals surface area contributed by atoms with Crippen molar-refractivity contribution in [3.05, 3.63) is 0 Å². The molecule has 5 nitrogen and oxygen atoms in total. The zero-order valence-corrected chi connectivity index (χ0v) is 12.4. The van der Waals surface area contributed by atoms with Crippen molar-refractivity contribution in [2.45, 2.75) is 41.8 Å². The second-order valence-electron chi connectivity index (χ2n) is 4.32. The quantitative estimate of drug-likeness (QED) is 0.410. The van der Waals surface area contributed by atoms with Crippen molar-refractivity contribution in [3.63, 3.8) is 0 Å². The summed E-state index contributed by atoms with van der Waals surface area (Å²) < 4.78 is 219. The van der Waals surface area contributed by atoms with E-state index in [1.807, 2.05) is 0 Å². The summed E-state index contributed by atoms with van der Waals surface area (Å²) in [6.07, 6.45) is -38.1. The molecule has 0 heterocycles. The Morgan fingerprint density at radius 1 is 0.536 bits per heavy atom. The van der Waals surface area contributed by atoms with Gasteiger partial charge in [-0.05, 0) is 0 Å². The first-order valence-electron chi connectivity index (χ1n) is 5.36. The summed E-state index contributed by atoms with van der Waals surface area (Å²) in [4.78, 5) is 0. The molecule has 1 atom stereocenters. The minimum atomic E-state index is -7.95. The van der Waals surface area contributed by atoms with Crippen LogP contribution in [0.5, 0.6) is 0 Å². The van der Waals surface area contributed by atoms with Crippen molar-refractivity contribution in [2.75, 3.05) is 0 Å². The average Bonchev–Trinajstić information content (AvgIpc) is 2.31. The molecule has 1 unspecified atom stereocenters. The van der Waals surface area contributed by atoms with Gasteiger partial charge in [0.2, 0.25) is 0 Å². The van der Waals surface area contributed by atoms with Gasteiger partial charge in [0.15, 0.2) is 10.1 Å².